The maximum absolute atomic E-state index is 5.65. The Hall–Kier alpha value is -9.29. The van der Waals surface area contributed by atoms with E-state index in [9.17, 15) is 0 Å². The molecule has 0 aliphatic heterocycles. The third-order valence-electron chi connectivity index (χ3n) is 16.2. The maximum Gasteiger partial charge on any atom is 0.164 e. The Bertz CT molecular complexity index is 4820. The highest BCUT2D eigenvalue weighted by Crippen LogP contribution is 2.63. The monoisotopic (exact) mass is 942 g/mol. The third kappa shape index (κ3) is 5.21. The van der Waals surface area contributed by atoms with Gasteiger partial charge in [-0.05, 0) is 114 Å². The van der Waals surface area contributed by atoms with Gasteiger partial charge in [-0.2, -0.15) is 0 Å². The lowest BCUT2D eigenvalue weighted by molar-refractivity contribution is 0.794. The Kier molecular flexibility index (Phi) is 7.79. The summed E-state index contributed by atoms with van der Waals surface area (Å²) in [6, 6.07) is 84.7. The number of rotatable bonds is 4. The fraction of sp³-hybridized carbons (Fsp3) is 0.0147. The third-order valence-corrected chi connectivity index (χ3v) is 17.3. The first-order chi connectivity index (χ1) is 36.2. The maximum atomic E-state index is 5.65. The predicted octanol–water partition coefficient (Wildman–Crippen LogP) is 17.6. The number of hydrogen-bond donors (Lipinski definition) is 0. The van der Waals surface area contributed by atoms with Gasteiger partial charge in [0.2, 0.25) is 0 Å². The molecular formula is C68H38N4S. The molecule has 0 fully saturated rings. The number of nitrogens with zero attached hydrogens (tertiary/aromatic N) is 4. The topological polar surface area (TPSA) is 43.1 Å². The van der Waals surface area contributed by atoms with Crippen LogP contribution in [0.1, 0.15) is 22.3 Å². The minimum atomic E-state index is -0.511. The van der Waals surface area contributed by atoms with Crippen molar-refractivity contribution in [3.8, 4) is 67.5 Å². The fourth-order valence-corrected chi connectivity index (χ4v) is 14.3. The Labute approximate surface area is 423 Å². The molecule has 2 aliphatic carbocycles. The lowest BCUT2D eigenvalue weighted by Crippen LogP contribution is -2.25. The molecule has 0 radical (unpaired) electrons. The minimum Gasteiger partial charge on any atom is -0.308 e. The molecule has 0 amide bonds. The summed E-state index contributed by atoms with van der Waals surface area (Å²) >= 11 is 1.87. The molecule has 336 valence electrons. The van der Waals surface area contributed by atoms with E-state index in [4.69, 9.17) is 15.0 Å². The number of thiophene rings is 1. The number of hydrogen-bond acceptors (Lipinski definition) is 4. The Morgan fingerprint density at radius 2 is 0.877 bits per heavy atom. The van der Waals surface area contributed by atoms with Crippen molar-refractivity contribution in [1.29, 1.82) is 0 Å². The van der Waals surface area contributed by atoms with Gasteiger partial charge in [-0.1, -0.05) is 188 Å². The van der Waals surface area contributed by atoms with Crippen LogP contribution < -0.4 is 0 Å². The molecule has 17 rings (SSSR count). The van der Waals surface area contributed by atoms with Crippen molar-refractivity contribution < 1.29 is 0 Å². The molecule has 0 saturated carbocycles. The molecule has 4 nitrogen and oxygen atoms in total. The second-order valence-corrected chi connectivity index (χ2v) is 20.8. The summed E-state index contributed by atoms with van der Waals surface area (Å²) in [6.07, 6.45) is 0. The molecule has 2 aliphatic rings. The van der Waals surface area contributed by atoms with Crippen molar-refractivity contribution >= 4 is 80.4 Å². The molecule has 4 heterocycles. The van der Waals surface area contributed by atoms with Crippen LogP contribution in [-0.2, 0) is 5.41 Å². The fourth-order valence-electron chi connectivity index (χ4n) is 13.2. The molecular weight excluding hydrogens is 905 g/mol. The number of para-hydroxylation sites is 1. The minimum absolute atomic E-state index is 0.511. The zero-order valence-electron chi connectivity index (χ0n) is 39.1. The van der Waals surface area contributed by atoms with E-state index < -0.39 is 5.41 Å². The van der Waals surface area contributed by atoms with Gasteiger partial charge in [0.05, 0.1) is 22.0 Å². The first kappa shape index (κ1) is 39.4. The van der Waals surface area contributed by atoms with Gasteiger partial charge in [0.15, 0.2) is 17.5 Å². The van der Waals surface area contributed by atoms with Crippen LogP contribution in [0.5, 0.6) is 0 Å². The number of fused-ring (bicyclic) bond motifs is 17. The summed E-state index contributed by atoms with van der Waals surface area (Å²) in [5.41, 5.74) is 18.3. The van der Waals surface area contributed by atoms with Gasteiger partial charge in [0.25, 0.3) is 0 Å². The van der Waals surface area contributed by atoms with E-state index in [1.54, 1.807) is 0 Å². The van der Waals surface area contributed by atoms with Gasteiger partial charge in [0, 0.05) is 53.0 Å². The van der Waals surface area contributed by atoms with Crippen LogP contribution in [-0.4, -0.2) is 19.4 Å². The SMILES string of the molecule is c1cc(-c2ccc3ccccc3c2)cc(-c2nc(-c3ccc4c(c3)C3(c5ccccc5-c5ccccc53)c3ccccc3-4)nc(-c3cccc4c3c3cccc5sc6ccc7c8ccccc8n4c7c6c53)n2)c1. The van der Waals surface area contributed by atoms with Crippen molar-refractivity contribution in [2.45, 2.75) is 5.41 Å². The molecule has 4 aromatic heterocycles. The predicted molar refractivity (Wildman–Crippen MR) is 303 cm³/mol. The molecule has 15 aromatic rings. The van der Waals surface area contributed by atoms with Crippen LogP contribution in [0.25, 0.3) is 137 Å². The van der Waals surface area contributed by atoms with Crippen molar-refractivity contribution in [3.05, 3.63) is 253 Å². The van der Waals surface area contributed by atoms with Crippen molar-refractivity contribution in [3.63, 3.8) is 0 Å². The molecule has 5 heteroatoms. The molecule has 0 saturated heterocycles. The second kappa shape index (κ2) is 14.4. The molecule has 0 unspecified atom stereocenters. The van der Waals surface area contributed by atoms with E-state index in [-0.39, 0.29) is 0 Å². The van der Waals surface area contributed by atoms with E-state index in [1.165, 1.54) is 103 Å². The molecule has 0 N–H and O–H groups in total. The van der Waals surface area contributed by atoms with Crippen LogP contribution in [0.2, 0.25) is 0 Å². The van der Waals surface area contributed by atoms with Crippen LogP contribution in [0.15, 0.2) is 231 Å². The van der Waals surface area contributed by atoms with Crippen molar-refractivity contribution in [2.24, 2.45) is 0 Å². The van der Waals surface area contributed by atoms with E-state index >= 15 is 0 Å². The highest BCUT2D eigenvalue weighted by molar-refractivity contribution is 7.26. The summed E-state index contributed by atoms with van der Waals surface area (Å²) in [6.45, 7) is 0. The quantitative estimate of drug-likeness (QED) is 0.177. The first-order valence-corrected chi connectivity index (χ1v) is 25.8. The Morgan fingerprint density at radius 3 is 1.67 bits per heavy atom. The lowest BCUT2D eigenvalue weighted by atomic mass is 9.70. The van der Waals surface area contributed by atoms with Gasteiger partial charge in [-0.25, -0.2) is 15.0 Å². The summed E-state index contributed by atoms with van der Waals surface area (Å²) in [5.74, 6) is 1.88. The highest BCUT2D eigenvalue weighted by Gasteiger charge is 2.51. The molecule has 73 heavy (non-hydrogen) atoms. The van der Waals surface area contributed by atoms with Crippen molar-refractivity contribution in [2.75, 3.05) is 0 Å². The van der Waals surface area contributed by atoms with Gasteiger partial charge < -0.3 is 4.40 Å². The smallest absolute Gasteiger partial charge is 0.164 e. The summed E-state index contributed by atoms with van der Waals surface area (Å²) in [4.78, 5) is 16.8. The number of aromatic nitrogens is 4. The molecule has 1 spiro atoms. The molecule has 11 aromatic carbocycles. The first-order valence-electron chi connectivity index (χ1n) is 25.0. The zero-order valence-corrected chi connectivity index (χ0v) is 40.0. The lowest BCUT2D eigenvalue weighted by Gasteiger charge is -2.30. The Morgan fingerprint density at radius 1 is 0.315 bits per heavy atom. The van der Waals surface area contributed by atoms with Gasteiger partial charge >= 0.3 is 0 Å². The van der Waals surface area contributed by atoms with Crippen LogP contribution in [0, 0.1) is 0 Å². The summed E-state index contributed by atoms with van der Waals surface area (Å²) < 4.78 is 5.06. The standard InChI is InChI=1S/C68H38N4S/c1-2-15-40-36-42(31-30-39(40)14-1)41-16-11-17-43(37-41)65-69-66(44-32-33-48-47-20-5-9-26-55(47)68(56(48)38-44)53-24-7-3-18-45(53)46-19-4-8-25-54(46)68)71-67(70-65)52-23-12-28-58-61(52)51-22-13-29-59-62(51)63-60(73-59)35-34-50-49-21-6-10-27-57(49)72(58)64(50)63/h1-38H. The van der Waals surface area contributed by atoms with E-state index in [1.807, 2.05) is 11.3 Å². The van der Waals surface area contributed by atoms with Crippen LogP contribution in [0.3, 0.4) is 0 Å². The van der Waals surface area contributed by atoms with Gasteiger partial charge in [-0.3, -0.25) is 0 Å². The van der Waals surface area contributed by atoms with Gasteiger partial charge in [0.1, 0.15) is 0 Å². The Balaban J connectivity index is 0.960. The largest absolute Gasteiger partial charge is 0.308 e. The van der Waals surface area contributed by atoms with Crippen LogP contribution >= 0.6 is 11.3 Å². The van der Waals surface area contributed by atoms with E-state index in [0.29, 0.717) is 17.5 Å². The van der Waals surface area contributed by atoms with Gasteiger partial charge in [-0.15, -0.1) is 11.3 Å². The average Bonchev–Trinajstić information content (AvgIpc) is 4.16. The zero-order chi connectivity index (χ0) is 47.5. The summed E-state index contributed by atoms with van der Waals surface area (Å²) in [5, 5.41) is 9.81. The van der Waals surface area contributed by atoms with Crippen molar-refractivity contribution in [1.82, 2.24) is 19.4 Å². The average molecular weight is 943 g/mol. The van der Waals surface area contributed by atoms with E-state index in [0.717, 1.165) is 38.7 Å². The normalized spacial score (nSPS) is 13.3. The number of benzene rings is 11. The van der Waals surface area contributed by atoms with Crippen LogP contribution in [0.4, 0.5) is 0 Å². The van der Waals surface area contributed by atoms with E-state index in [2.05, 4.69) is 235 Å². The summed E-state index contributed by atoms with van der Waals surface area (Å²) in [7, 11) is 0. The second-order valence-electron chi connectivity index (χ2n) is 19.8. The highest BCUT2D eigenvalue weighted by atomic mass is 32.1. The molecule has 0 atom stereocenters. The molecule has 0 bridgehead atoms.